The van der Waals surface area contributed by atoms with E-state index in [1.165, 1.54) is 0 Å². The Labute approximate surface area is 148 Å². The molecule has 0 aliphatic rings. The molecule has 0 unspecified atom stereocenters. The van der Waals surface area contributed by atoms with Gasteiger partial charge in [-0.15, -0.1) is 0 Å². The number of esters is 2. The Hall–Kier alpha value is -1.84. The minimum atomic E-state index is -0.864. The van der Waals surface area contributed by atoms with Gasteiger partial charge in [-0.25, -0.2) is 24.3 Å². The van der Waals surface area contributed by atoms with E-state index in [-0.39, 0.29) is 30.3 Å². The first-order chi connectivity index (χ1) is 10.7. The molecule has 0 aromatic heterocycles. The molecule has 0 atom stereocenters. The predicted octanol–water partition coefficient (Wildman–Crippen LogP) is 3.09. The molecule has 0 saturated carbocycles. The SMILES string of the molecule is CCOC(=O)C(C[c-]1cccc1)C(=O)OCC.[Fe+2].c1cc[cH-]c1. The Kier molecular flexibility index (Phi) is 11.7. The van der Waals surface area contributed by atoms with E-state index >= 15 is 0 Å². The van der Waals surface area contributed by atoms with Gasteiger partial charge in [-0.3, -0.25) is 9.59 Å². The van der Waals surface area contributed by atoms with Crippen molar-refractivity contribution in [3.8, 4) is 0 Å². The first-order valence-electron chi connectivity index (χ1n) is 7.39. The van der Waals surface area contributed by atoms with Gasteiger partial charge >= 0.3 is 29.0 Å². The maximum atomic E-state index is 11.7. The minimum absolute atomic E-state index is 0. The molecule has 0 bridgehead atoms. The summed E-state index contributed by atoms with van der Waals surface area (Å²) in [4.78, 5) is 23.3. The van der Waals surface area contributed by atoms with Gasteiger partial charge in [-0.05, 0) is 20.3 Å². The predicted molar refractivity (Wildman–Crippen MR) is 84.5 cm³/mol. The van der Waals surface area contributed by atoms with Gasteiger partial charge in [-0.1, -0.05) is 0 Å². The van der Waals surface area contributed by atoms with Crippen LogP contribution in [0, 0.1) is 5.92 Å². The largest absolute Gasteiger partial charge is 2.00 e. The average molecular weight is 358 g/mol. The summed E-state index contributed by atoms with van der Waals surface area (Å²) in [5, 5.41) is 0. The van der Waals surface area contributed by atoms with Crippen molar-refractivity contribution < 1.29 is 36.1 Å². The summed E-state index contributed by atoms with van der Waals surface area (Å²) >= 11 is 0. The number of hydrogen-bond donors (Lipinski definition) is 0. The fraction of sp³-hybridized carbons (Fsp3) is 0.333. The van der Waals surface area contributed by atoms with E-state index in [0.29, 0.717) is 6.42 Å². The normalized spacial score (nSPS) is 9.35. The summed E-state index contributed by atoms with van der Waals surface area (Å²) in [6.45, 7) is 3.94. The van der Waals surface area contributed by atoms with Gasteiger partial charge in [0, 0.05) is 0 Å². The summed E-state index contributed by atoms with van der Waals surface area (Å²) < 4.78 is 9.76. The van der Waals surface area contributed by atoms with Crippen LogP contribution in [-0.2, 0) is 42.6 Å². The average Bonchev–Trinajstić information content (AvgIpc) is 3.21. The van der Waals surface area contributed by atoms with E-state index in [9.17, 15) is 9.59 Å². The smallest absolute Gasteiger partial charge is 0.465 e. The molecule has 0 heterocycles. The van der Waals surface area contributed by atoms with Crippen LogP contribution < -0.4 is 0 Å². The van der Waals surface area contributed by atoms with E-state index in [1.54, 1.807) is 13.8 Å². The molecule has 0 aliphatic carbocycles. The van der Waals surface area contributed by atoms with Gasteiger partial charge in [-0.2, -0.15) is 35.9 Å². The monoisotopic (exact) mass is 358 g/mol. The molecule has 2 rings (SSSR count). The third kappa shape index (κ3) is 8.38. The third-order valence-corrected chi connectivity index (χ3v) is 2.87. The van der Waals surface area contributed by atoms with Crippen molar-refractivity contribution >= 4 is 11.9 Å². The fourth-order valence-corrected chi connectivity index (χ4v) is 1.85. The molecule has 0 saturated heterocycles. The Bertz CT molecular complexity index is 482. The van der Waals surface area contributed by atoms with Crippen LogP contribution in [0.5, 0.6) is 0 Å². The summed E-state index contributed by atoms with van der Waals surface area (Å²) in [7, 11) is 0. The maximum absolute atomic E-state index is 11.7. The number of carbonyl (C=O) groups excluding carboxylic acids is 2. The topological polar surface area (TPSA) is 52.6 Å². The quantitative estimate of drug-likeness (QED) is 0.345. The molecule has 126 valence electrons. The number of ether oxygens (including phenoxy) is 2. The molecule has 4 nitrogen and oxygen atoms in total. The molecule has 0 radical (unpaired) electrons. The Balaban J connectivity index is 0.000000684. The van der Waals surface area contributed by atoms with Crippen LogP contribution in [0.2, 0.25) is 0 Å². The molecule has 0 amide bonds. The summed E-state index contributed by atoms with van der Waals surface area (Å²) in [5.74, 6) is -1.91. The number of rotatable bonds is 6. The molecule has 23 heavy (non-hydrogen) atoms. The number of carbonyl (C=O) groups is 2. The minimum Gasteiger partial charge on any atom is -0.465 e. The molecule has 2 aromatic rings. The second-order valence-electron chi connectivity index (χ2n) is 4.52. The fourth-order valence-electron chi connectivity index (χ4n) is 1.85. The van der Waals surface area contributed by atoms with E-state index in [0.717, 1.165) is 5.56 Å². The van der Waals surface area contributed by atoms with Crippen molar-refractivity contribution in [2.45, 2.75) is 20.3 Å². The van der Waals surface area contributed by atoms with Crippen molar-refractivity contribution in [2.75, 3.05) is 13.2 Å². The molecular formula is C18H22FeO4. The van der Waals surface area contributed by atoms with Crippen LogP contribution in [0.4, 0.5) is 0 Å². The summed E-state index contributed by atoms with van der Waals surface area (Å²) in [5.41, 5.74) is 0.927. The Morgan fingerprint density at radius 1 is 0.957 bits per heavy atom. The second-order valence-corrected chi connectivity index (χ2v) is 4.52. The first-order valence-corrected chi connectivity index (χ1v) is 7.39. The zero-order chi connectivity index (χ0) is 16.2. The van der Waals surface area contributed by atoms with E-state index < -0.39 is 17.9 Å². The molecule has 0 aliphatic heterocycles. The van der Waals surface area contributed by atoms with Gasteiger partial charge < -0.3 is 9.47 Å². The first kappa shape index (κ1) is 21.2. The standard InChI is InChI=1S/C13H17O4.C5H5.Fe/c1-3-16-12(14)11(13(15)17-4-2)9-10-7-5-6-8-10;1-2-4-5-3-1;/h5-8,11H,3-4,9H2,1-2H3;1-5H;/q2*-1;+2. The van der Waals surface area contributed by atoms with Crippen LogP contribution >= 0.6 is 0 Å². The van der Waals surface area contributed by atoms with Gasteiger partial charge in [0.25, 0.3) is 0 Å². The van der Waals surface area contributed by atoms with Crippen LogP contribution in [0.15, 0.2) is 54.6 Å². The third-order valence-electron chi connectivity index (χ3n) is 2.87. The number of hydrogen-bond acceptors (Lipinski definition) is 4. The van der Waals surface area contributed by atoms with Gasteiger partial charge in [0.05, 0.1) is 13.2 Å². The molecule has 2 aromatic carbocycles. The second kappa shape index (κ2) is 12.7. The van der Waals surface area contributed by atoms with Crippen LogP contribution in [0.3, 0.4) is 0 Å². The van der Waals surface area contributed by atoms with Crippen molar-refractivity contribution in [1.29, 1.82) is 0 Å². The summed E-state index contributed by atoms with van der Waals surface area (Å²) in [6.07, 6.45) is 0.324. The Morgan fingerprint density at radius 3 is 1.78 bits per heavy atom. The maximum Gasteiger partial charge on any atom is 2.00 e. The van der Waals surface area contributed by atoms with Gasteiger partial charge in [0.2, 0.25) is 0 Å². The van der Waals surface area contributed by atoms with E-state index in [2.05, 4.69) is 0 Å². The van der Waals surface area contributed by atoms with Crippen molar-refractivity contribution in [3.63, 3.8) is 0 Å². The molecular weight excluding hydrogens is 336 g/mol. The zero-order valence-electron chi connectivity index (χ0n) is 13.4. The molecule has 0 fully saturated rings. The molecule has 0 spiro atoms. The Morgan fingerprint density at radius 2 is 1.43 bits per heavy atom. The molecule has 0 N–H and O–H groups in total. The van der Waals surface area contributed by atoms with Crippen molar-refractivity contribution in [3.05, 3.63) is 60.2 Å². The van der Waals surface area contributed by atoms with Gasteiger partial charge in [0.1, 0.15) is 5.92 Å². The van der Waals surface area contributed by atoms with E-state index in [1.807, 2.05) is 54.6 Å². The van der Waals surface area contributed by atoms with E-state index in [4.69, 9.17) is 9.47 Å². The summed E-state index contributed by atoms with van der Waals surface area (Å²) in [6, 6.07) is 17.5. The van der Waals surface area contributed by atoms with Gasteiger partial charge in [0.15, 0.2) is 0 Å². The zero-order valence-corrected chi connectivity index (χ0v) is 14.5. The molecule has 5 heteroatoms. The van der Waals surface area contributed by atoms with Crippen molar-refractivity contribution in [2.24, 2.45) is 5.92 Å². The van der Waals surface area contributed by atoms with Crippen LogP contribution in [0.1, 0.15) is 19.4 Å². The van der Waals surface area contributed by atoms with Crippen molar-refractivity contribution in [1.82, 2.24) is 0 Å². The van der Waals surface area contributed by atoms with Crippen LogP contribution in [-0.4, -0.2) is 25.2 Å². The van der Waals surface area contributed by atoms with Crippen LogP contribution in [0.25, 0.3) is 0 Å².